The summed E-state index contributed by atoms with van der Waals surface area (Å²) in [5.74, 6) is 1.73. The second-order valence-electron chi connectivity index (χ2n) is 8.58. The lowest BCUT2D eigenvalue weighted by atomic mass is 9.85. The highest BCUT2D eigenvalue weighted by Gasteiger charge is 2.26. The van der Waals surface area contributed by atoms with Crippen LogP contribution in [0.5, 0.6) is 0 Å². The number of nitrogens with zero attached hydrogens (tertiary/aromatic N) is 4. The maximum absolute atomic E-state index is 4.60. The molecule has 0 amide bonds. The van der Waals surface area contributed by atoms with Gasteiger partial charge in [0.1, 0.15) is 17.0 Å². The van der Waals surface area contributed by atoms with Gasteiger partial charge in [-0.3, -0.25) is 0 Å². The van der Waals surface area contributed by atoms with Crippen molar-refractivity contribution in [3.63, 3.8) is 0 Å². The minimum absolute atomic E-state index is 0.791. The number of benzene rings is 1. The molecule has 1 unspecified atom stereocenters. The zero-order valence-corrected chi connectivity index (χ0v) is 19.8. The first-order chi connectivity index (χ1) is 14.7. The molecule has 1 aliphatic carbocycles. The Balaban J connectivity index is 1.31. The summed E-state index contributed by atoms with van der Waals surface area (Å²) >= 11 is 5.43. The van der Waals surface area contributed by atoms with Crippen molar-refractivity contribution in [3.05, 3.63) is 45.5 Å². The van der Waals surface area contributed by atoms with Gasteiger partial charge in [-0.05, 0) is 69.0 Å². The van der Waals surface area contributed by atoms with E-state index in [9.17, 15) is 0 Å². The summed E-state index contributed by atoms with van der Waals surface area (Å²) in [6.07, 6.45) is 6.61. The van der Waals surface area contributed by atoms with Crippen molar-refractivity contribution in [1.82, 2.24) is 19.8 Å². The lowest BCUT2D eigenvalue weighted by Crippen LogP contribution is -2.45. The highest BCUT2D eigenvalue weighted by atomic mass is 79.9. The summed E-state index contributed by atoms with van der Waals surface area (Å²) in [5.41, 5.74) is 2.52. The summed E-state index contributed by atoms with van der Waals surface area (Å²) in [6, 6.07) is 8.24. The monoisotopic (exact) mass is 485 g/mol. The fourth-order valence-corrected chi connectivity index (χ4v) is 6.36. The number of rotatable bonds is 5. The number of anilines is 2. The second-order valence-corrected chi connectivity index (χ2v) is 10.6. The van der Waals surface area contributed by atoms with Gasteiger partial charge < -0.3 is 15.1 Å². The van der Waals surface area contributed by atoms with E-state index in [1.165, 1.54) is 67.8 Å². The normalized spacial score (nSPS) is 20.4. The Kier molecular flexibility index (Phi) is 6.05. The average molecular weight is 486 g/mol. The molecule has 1 atom stereocenters. The SMILES string of the molecule is CN1CCN(CCC2CCc3c(sc4ncnc(Nc5cccc(Br)c5)c34)C2)CC1. The van der Waals surface area contributed by atoms with Gasteiger partial charge in [0.2, 0.25) is 0 Å². The number of aryl methyl sites for hydroxylation is 1. The van der Waals surface area contributed by atoms with Gasteiger partial charge in [-0.2, -0.15) is 0 Å². The van der Waals surface area contributed by atoms with Crippen LogP contribution in [0.4, 0.5) is 11.5 Å². The van der Waals surface area contributed by atoms with Crippen LogP contribution in [-0.4, -0.2) is 59.5 Å². The number of hydrogen-bond donors (Lipinski definition) is 1. The van der Waals surface area contributed by atoms with Crippen molar-refractivity contribution in [1.29, 1.82) is 0 Å². The minimum Gasteiger partial charge on any atom is -0.340 e. The molecule has 30 heavy (non-hydrogen) atoms. The number of piperazine rings is 1. The Bertz CT molecular complexity index is 1030. The topological polar surface area (TPSA) is 44.3 Å². The minimum atomic E-state index is 0.791. The van der Waals surface area contributed by atoms with Crippen LogP contribution < -0.4 is 5.32 Å². The van der Waals surface area contributed by atoms with Gasteiger partial charge >= 0.3 is 0 Å². The largest absolute Gasteiger partial charge is 0.340 e. The Morgan fingerprint density at radius 2 is 2.07 bits per heavy atom. The number of aromatic nitrogens is 2. The highest BCUT2D eigenvalue weighted by molar-refractivity contribution is 9.10. The zero-order chi connectivity index (χ0) is 20.5. The molecule has 1 N–H and O–H groups in total. The third-order valence-electron chi connectivity index (χ3n) is 6.48. The molecular formula is C23H28BrN5S. The third kappa shape index (κ3) is 4.40. The number of halogens is 1. The van der Waals surface area contributed by atoms with E-state index < -0.39 is 0 Å². The van der Waals surface area contributed by atoms with Gasteiger partial charge in [0.25, 0.3) is 0 Å². The van der Waals surface area contributed by atoms with Crippen molar-refractivity contribution in [2.24, 2.45) is 5.92 Å². The van der Waals surface area contributed by atoms with Crippen molar-refractivity contribution in [2.75, 3.05) is 45.1 Å². The second kappa shape index (κ2) is 8.91. The molecule has 158 valence electrons. The van der Waals surface area contributed by atoms with Gasteiger partial charge in [0.05, 0.1) is 5.39 Å². The molecule has 0 saturated carbocycles. The van der Waals surface area contributed by atoms with E-state index in [4.69, 9.17) is 0 Å². The van der Waals surface area contributed by atoms with E-state index in [0.717, 1.165) is 33.1 Å². The predicted octanol–water partition coefficient (Wildman–Crippen LogP) is 4.94. The van der Waals surface area contributed by atoms with Crippen molar-refractivity contribution >= 4 is 49.0 Å². The van der Waals surface area contributed by atoms with Crippen LogP contribution >= 0.6 is 27.3 Å². The maximum atomic E-state index is 4.60. The molecule has 1 aliphatic heterocycles. The van der Waals surface area contributed by atoms with Gasteiger partial charge in [0, 0.05) is 41.2 Å². The quantitative estimate of drug-likeness (QED) is 0.554. The predicted molar refractivity (Wildman–Crippen MR) is 129 cm³/mol. The van der Waals surface area contributed by atoms with Gasteiger partial charge in [-0.1, -0.05) is 22.0 Å². The molecule has 1 saturated heterocycles. The first kappa shape index (κ1) is 20.4. The van der Waals surface area contributed by atoms with E-state index in [0.29, 0.717) is 0 Å². The Morgan fingerprint density at radius 1 is 1.20 bits per heavy atom. The van der Waals surface area contributed by atoms with Crippen LogP contribution in [0.25, 0.3) is 10.2 Å². The lowest BCUT2D eigenvalue weighted by molar-refractivity contribution is 0.145. The highest BCUT2D eigenvalue weighted by Crippen LogP contribution is 2.41. The first-order valence-corrected chi connectivity index (χ1v) is 12.5. The lowest BCUT2D eigenvalue weighted by Gasteiger charge is -2.33. The van der Waals surface area contributed by atoms with Gasteiger partial charge in [-0.15, -0.1) is 11.3 Å². The molecule has 0 radical (unpaired) electrons. The molecule has 5 rings (SSSR count). The molecule has 2 aromatic heterocycles. The number of hydrogen-bond acceptors (Lipinski definition) is 6. The number of thiophene rings is 1. The molecule has 1 fully saturated rings. The van der Waals surface area contributed by atoms with Crippen LogP contribution in [0.3, 0.4) is 0 Å². The Morgan fingerprint density at radius 3 is 2.90 bits per heavy atom. The molecule has 3 aromatic rings. The molecule has 3 heterocycles. The van der Waals surface area contributed by atoms with Crippen LogP contribution in [-0.2, 0) is 12.8 Å². The summed E-state index contributed by atoms with van der Waals surface area (Å²) in [4.78, 5) is 16.9. The summed E-state index contributed by atoms with van der Waals surface area (Å²) in [5, 5.41) is 4.75. The Labute approximate surface area is 190 Å². The van der Waals surface area contributed by atoms with Crippen molar-refractivity contribution in [2.45, 2.75) is 25.7 Å². The van der Waals surface area contributed by atoms with E-state index in [1.54, 1.807) is 6.33 Å². The standard InChI is InChI=1S/C23H28BrN5S/c1-28-9-11-29(12-10-28)8-7-16-5-6-19-20(13-16)30-23-21(19)22(25-15-26-23)27-18-4-2-3-17(24)14-18/h2-4,14-16H,5-13H2,1H3,(H,25,26,27). The van der Waals surface area contributed by atoms with Crippen molar-refractivity contribution < 1.29 is 0 Å². The van der Waals surface area contributed by atoms with E-state index >= 15 is 0 Å². The smallest absolute Gasteiger partial charge is 0.142 e. The first-order valence-electron chi connectivity index (χ1n) is 10.8. The van der Waals surface area contributed by atoms with Crippen LogP contribution in [0.1, 0.15) is 23.3 Å². The summed E-state index contributed by atoms with van der Waals surface area (Å²) < 4.78 is 1.06. The van der Waals surface area contributed by atoms with Gasteiger partial charge in [-0.25, -0.2) is 9.97 Å². The summed E-state index contributed by atoms with van der Waals surface area (Å²) in [7, 11) is 2.23. The number of nitrogens with one attached hydrogen (secondary N) is 1. The van der Waals surface area contributed by atoms with Crippen LogP contribution in [0, 0.1) is 5.92 Å². The molecule has 0 bridgehead atoms. The molecule has 2 aliphatic rings. The van der Waals surface area contributed by atoms with E-state index in [-0.39, 0.29) is 0 Å². The van der Waals surface area contributed by atoms with Crippen molar-refractivity contribution in [3.8, 4) is 0 Å². The molecule has 0 spiro atoms. The van der Waals surface area contributed by atoms with E-state index in [1.807, 2.05) is 23.5 Å². The molecule has 5 nitrogen and oxygen atoms in total. The number of fused-ring (bicyclic) bond motifs is 3. The fraction of sp³-hybridized carbons (Fsp3) is 0.478. The molecule has 1 aromatic carbocycles. The van der Waals surface area contributed by atoms with E-state index in [2.05, 4.69) is 60.2 Å². The van der Waals surface area contributed by atoms with Crippen LogP contribution in [0.2, 0.25) is 0 Å². The van der Waals surface area contributed by atoms with Crippen LogP contribution in [0.15, 0.2) is 35.1 Å². The Hall–Kier alpha value is -1.54. The molecule has 7 heteroatoms. The summed E-state index contributed by atoms with van der Waals surface area (Å²) in [6.45, 7) is 6.10. The zero-order valence-electron chi connectivity index (χ0n) is 17.4. The molecular weight excluding hydrogens is 458 g/mol. The average Bonchev–Trinajstić information content (AvgIpc) is 3.12. The van der Waals surface area contributed by atoms with Gasteiger partial charge in [0.15, 0.2) is 0 Å². The fourth-order valence-electron chi connectivity index (χ4n) is 4.66. The third-order valence-corrected chi connectivity index (χ3v) is 8.14. The number of likely N-dealkylation sites (N-methyl/N-ethyl adjacent to an activating group) is 1. The maximum Gasteiger partial charge on any atom is 0.142 e.